The van der Waals surface area contributed by atoms with E-state index in [2.05, 4.69) is 9.97 Å². The van der Waals surface area contributed by atoms with Gasteiger partial charge in [0.15, 0.2) is 0 Å². The van der Waals surface area contributed by atoms with Gasteiger partial charge in [0.05, 0.1) is 47.9 Å². The lowest BCUT2D eigenvalue weighted by molar-refractivity contribution is -0.758. The topological polar surface area (TPSA) is 202 Å². The van der Waals surface area contributed by atoms with Gasteiger partial charge in [0, 0.05) is 21.6 Å². The van der Waals surface area contributed by atoms with Crippen LogP contribution in [0.5, 0.6) is 0 Å². The van der Waals surface area contributed by atoms with Crippen molar-refractivity contribution in [3.8, 4) is 0 Å². The van der Waals surface area contributed by atoms with Crippen molar-refractivity contribution in [2.24, 2.45) is 23.7 Å². The van der Waals surface area contributed by atoms with Crippen LogP contribution in [-0.2, 0) is 35.8 Å². The molecule has 0 aliphatic carbocycles. The average molecular weight is 703 g/mol. The van der Waals surface area contributed by atoms with Crippen LogP contribution in [0.1, 0.15) is 39.8 Å². The Kier molecular flexibility index (Phi) is 8.19. The molecule has 16 nitrogen and oxygen atoms in total. The van der Waals surface area contributed by atoms with Crippen LogP contribution in [0, 0.1) is 23.7 Å². The Morgan fingerprint density at radius 1 is 0.771 bits per heavy atom. The number of thioether (sulfide) groups is 2. The Morgan fingerprint density at radius 2 is 1.15 bits per heavy atom. The first-order valence-corrected chi connectivity index (χ1v) is 17.7. The fourth-order valence-corrected chi connectivity index (χ4v) is 11.0. The van der Waals surface area contributed by atoms with Crippen LogP contribution in [0.2, 0.25) is 0 Å². The van der Waals surface area contributed by atoms with Crippen molar-refractivity contribution in [2.75, 3.05) is 0 Å². The molecule has 7 rings (SSSR count). The van der Waals surface area contributed by atoms with Gasteiger partial charge in [0.1, 0.15) is 35.6 Å². The first-order chi connectivity index (χ1) is 22.8. The van der Waals surface area contributed by atoms with E-state index in [1.807, 2.05) is 18.7 Å². The minimum atomic E-state index is -1.41. The van der Waals surface area contributed by atoms with E-state index in [0.717, 1.165) is 0 Å². The molecule has 0 radical (unpaired) electrons. The molecule has 0 aromatic carbocycles. The maximum Gasteiger partial charge on any atom is 0.311 e. The zero-order chi connectivity index (χ0) is 34.3. The number of aromatic nitrogens is 8. The summed E-state index contributed by atoms with van der Waals surface area (Å²) >= 11 is 2.79. The molecule has 4 aliphatic heterocycles. The van der Waals surface area contributed by atoms with E-state index in [-0.39, 0.29) is 21.2 Å². The SMILES string of the molecule is C[C@@H](O)[C@@H](C(=O)O)[C@H]1[C@@H](C)C(SC2Cn3cnc[n+]3C2)=c2c(=O)n3c(c(=O)n21)=C(SC1Cn2cnc[n+]2C1)[C@H](C)[C@@H]3[C@H](C(=O)O)[C@@H](C)O. The lowest BCUT2D eigenvalue weighted by Gasteiger charge is -2.30. The van der Waals surface area contributed by atoms with E-state index in [1.165, 1.54) is 46.5 Å². The molecule has 3 aromatic rings. The first kappa shape index (κ1) is 32.8. The van der Waals surface area contributed by atoms with Gasteiger partial charge in [0.25, 0.3) is 11.1 Å². The molecular weight excluding hydrogens is 665 g/mol. The molecule has 3 aromatic heterocycles. The molecule has 0 saturated heterocycles. The second-order valence-electron chi connectivity index (χ2n) is 13.3. The number of aliphatic hydroxyl groups is 2. The highest BCUT2D eigenvalue weighted by Gasteiger charge is 2.50. The average Bonchev–Trinajstić information content (AvgIpc) is 3.82. The smallest absolute Gasteiger partial charge is 0.311 e. The molecule has 7 heterocycles. The highest BCUT2D eigenvalue weighted by molar-refractivity contribution is 8.08. The molecule has 0 bridgehead atoms. The monoisotopic (exact) mass is 702 g/mol. The zero-order valence-electron chi connectivity index (χ0n) is 26.7. The molecule has 0 saturated carbocycles. The molecule has 18 heteroatoms. The molecule has 4 aliphatic rings. The number of aliphatic hydroxyl groups excluding tert-OH is 2. The highest BCUT2D eigenvalue weighted by atomic mass is 32.2. The van der Waals surface area contributed by atoms with Gasteiger partial charge in [-0.25, -0.2) is 0 Å². The van der Waals surface area contributed by atoms with Gasteiger partial charge < -0.3 is 20.4 Å². The van der Waals surface area contributed by atoms with Crippen molar-refractivity contribution >= 4 is 45.3 Å². The molecule has 4 N–H and O–H groups in total. The third kappa shape index (κ3) is 4.97. The van der Waals surface area contributed by atoms with Crippen molar-refractivity contribution in [1.82, 2.24) is 28.5 Å². The molecule has 0 amide bonds. The molecule has 0 unspecified atom stereocenters. The van der Waals surface area contributed by atoms with Gasteiger partial charge >= 0.3 is 24.6 Å². The molecule has 8 atom stereocenters. The predicted octanol–water partition coefficient (Wildman–Crippen LogP) is -2.63. The summed E-state index contributed by atoms with van der Waals surface area (Å²) in [5.41, 5.74) is -1.22. The normalized spacial score (nSPS) is 28.1. The third-order valence-electron chi connectivity index (χ3n) is 10.2. The highest BCUT2D eigenvalue weighted by Crippen LogP contribution is 2.45. The van der Waals surface area contributed by atoms with E-state index in [0.29, 0.717) is 36.0 Å². The van der Waals surface area contributed by atoms with E-state index < -0.39 is 71.0 Å². The minimum Gasteiger partial charge on any atom is -0.481 e. The van der Waals surface area contributed by atoms with Crippen LogP contribution in [0.25, 0.3) is 9.81 Å². The number of aliphatic carboxylic acids is 2. The van der Waals surface area contributed by atoms with E-state index in [9.17, 15) is 39.6 Å². The Balaban J connectivity index is 1.48. The quantitative estimate of drug-likeness (QED) is 0.160. The number of carbonyl (C=O) groups is 2. The fraction of sp³-hybridized carbons (Fsp3) is 0.600. The Hall–Kier alpha value is -3.74. The lowest BCUT2D eigenvalue weighted by Crippen LogP contribution is -2.59. The van der Waals surface area contributed by atoms with Gasteiger partial charge in [-0.3, -0.25) is 28.3 Å². The predicted molar refractivity (Wildman–Crippen MR) is 171 cm³/mol. The molecule has 0 fully saturated rings. The van der Waals surface area contributed by atoms with Crippen molar-refractivity contribution < 1.29 is 39.4 Å². The van der Waals surface area contributed by atoms with Gasteiger partial charge in [-0.1, -0.05) is 13.8 Å². The van der Waals surface area contributed by atoms with Crippen molar-refractivity contribution in [2.45, 2.75) is 88.7 Å². The third-order valence-corrected chi connectivity index (χ3v) is 13.1. The van der Waals surface area contributed by atoms with Crippen LogP contribution < -0.4 is 31.2 Å². The number of hydrogen-bond acceptors (Lipinski definition) is 10. The number of rotatable bonds is 10. The number of carboxylic acids is 2. The summed E-state index contributed by atoms with van der Waals surface area (Å²) in [4.78, 5) is 64.7. The summed E-state index contributed by atoms with van der Waals surface area (Å²) in [6.07, 6.45) is 4.08. The van der Waals surface area contributed by atoms with Crippen molar-refractivity contribution in [1.29, 1.82) is 0 Å². The van der Waals surface area contributed by atoms with Gasteiger partial charge in [0.2, 0.25) is 12.7 Å². The van der Waals surface area contributed by atoms with Crippen molar-refractivity contribution in [3.05, 3.63) is 56.7 Å². The Bertz CT molecular complexity index is 1880. The second-order valence-corrected chi connectivity index (χ2v) is 16.0. The maximum atomic E-state index is 15.0. The van der Waals surface area contributed by atoms with Crippen LogP contribution in [0.15, 0.2) is 34.9 Å². The maximum absolute atomic E-state index is 15.0. The van der Waals surface area contributed by atoms with Crippen LogP contribution in [-0.4, -0.2) is 83.5 Å². The number of fused-ring (bicyclic) bond motifs is 4. The zero-order valence-corrected chi connectivity index (χ0v) is 28.4. The summed E-state index contributed by atoms with van der Waals surface area (Å²) in [5, 5.41) is 42.1. The second kappa shape index (κ2) is 12.0. The number of carboxylic acid groups (broad SMARTS) is 2. The van der Waals surface area contributed by atoms with Crippen molar-refractivity contribution in [3.63, 3.8) is 0 Å². The molecule has 48 heavy (non-hydrogen) atoms. The summed E-state index contributed by atoms with van der Waals surface area (Å²) in [6.45, 7) is 8.53. The Morgan fingerprint density at radius 3 is 1.46 bits per heavy atom. The first-order valence-electron chi connectivity index (χ1n) is 15.9. The minimum absolute atomic E-state index is 0.00877. The summed E-state index contributed by atoms with van der Waals surface area (Å²) < 4.78 is 10.2. The summed E-state index contributed by atoms with van der Waals surface area (Å²) in [5.74, 6) is -6.69. The summed E-state index contributed by atoms with van der Waals surface area (Å²) in [6, 6.07) is -2.16. The Labute approximate surface area is 281 Å². The van der Waals surface area contributed by atoms with Crippen LogP contribution in [0.4, 0.5) is 0 Å². The van der Waals surface area contributed by atoms with Gasteiger partial charge in [-0.15, -0.1) is 23.5 Å². The number of nitrogens with zero attached hydrogens (tertiary/aromatic N) is 8. The van der Waals surface area contributed by atoms with E-state index >= 15 is 0 Å². The molecule has 0 spiro atoms. The van der Waals surface area contributed by atoms with Crippen LogP contribution in [0.3, 0.4) is 0 Å². The molecule has 256 valence electrons. The fourth-order valence-electron chi connectivity index (χ4n) is 8.09. The van der Waals surface area contributed by atoms with E-state index in [4.69, 9.17) is 0 Å². The van der Waals surface area contributed by atoms with Crippen LogP contribution >= 0.6 is 23.5 Å². The number of hydrogen-bond donors (Lipinski definition) is 4. The lowest BCUT2D eigenvalue weighted by atomic mass is 9.87. The molecular formula is C30H38N8O8S2+2. The standard InChI is InChI=1S/C30H36N8O8S2/c1-13-21(19(15(3)39)29(43)44)37-23(25(13)47-17-5-33-9-31-10-34(33)6-17)27(41)38-22(20(16(4)40)30(45)46)14(2)26(24(38)28(37)42)48-18-7-35-11-32-12-36(35)8-18/h9-22,39-40H,5-8H2,1-4H3/p+2/t13-,14-,15-,16-,19-,20-,21-,22-/m1/s1. The van der Waals surface area contributed by atoms with Gasteiger partial charge in [-0.05, 0) is 23.8 Å². The largest absolute Gasteiger partial charge is 0.481 e. The van der Waals surface area contributed by atoms with Gasteiger partial charge in [-0.2, -0.15) is 18.7 Å². The summed E-state index contributed by atoms with van der Waals surface area (Å²) in [7, 11) is 0. The van der Waals surface area contributed by atoms with E-state index in [1.54, 1.807) is 39.2 Å².